The van der Waals surface area contributed by atoms with Gasteiger partial charge in [0, 0.05) is 16.3 Å². The summed E-state index contributed by atoms with van der Waals surface area (Å²) in [6.45, 7) is 5.68. The number of carbonyl (C=O) groups excluding carboxylic acids is 2. The Balaban J connectivity index is 1.36. The summed E-state index contributed by atoms with van der Waals surface area (Å²) in [6.07, 6.45) is 1.43. The molecule has 33 heavy (non-hydrogen) atoms. The Labute approximate surface area is 197 Å². The van der Waals surface area contributed by atoms with E-state index < -0.39 is 0 Å². The first-order chi connectivity index (χ1) is 15.8. The van der Waals surface area contributed by atoms with E-state index in [0.717, 1.165) is 15.3 Å². The number of hydrogen-bond donors (Lipinski definition) is 3. The molecule has 3 aromatic heterocycles. The number of thiophene rings is 1. The molecular formula is C23H22N4O4S2. The van der Waals surface area contributed by atoms with E-state index in [2.05, 4.69) is 20.6 Å². The highest BCUT2D eigenvalue weighted by Gasteiger charge is 2.17. The van der Waals surface area contributed by atoms with E-state index in [9.17, 15) is 14.4 Å². The summed E-state index contributed by atoms with van der Waals surface area (Å²) in [5.41, 5.74) is 1.90. The molecule has 4 rings (SSSR count). The number of thioether (sulfide) groups is 1. The van der Waals surface area contributed by atoms with Gasteiger partial charge in [0.1, 0.15) is 10.7 Å². The Morgan fingerprint density at radius 1 is 1.18 bits per heavy atom. The number of fused-ring (bicyclic) bond motifs is 1. The van der Waals surface area contributed by atoms with E-state index in [0.29, 0.717) is 28.3 Å². The van der Waals surface area contributed by atoms with Crippen molar-refractivity contribution in [2.45, 2.75) is 31.8 Å². The number of aryl methyl sites for hydroxylation is 2. The molecule has 3 N–H and O–H groups in total. The van der Waals surface area contributed by atoms with Crippen LogP contribution in [0.5, 0.6) is 0 Å². The summed E-state index contributed by atoms with van der Waals surface area (Å²) in [6, 6.07) is 10.1. The van der Waals surface area contributed by atoms with E-state index in [1.165, 1.54) is 29.4 Å². The Bertz CT molecular complexity index is 1380. The van der Waals surface area contributed by atoms with Crippen molar-refractivity contribution in [2.24, 2.45) is 0 Å². The highest BCUT2D eigenvalue weighted by molar-refractivity contribution is 7.99. The van der Waals surface area contributed by atoms with Gasteiger partial charge in [0.25, 0.3) is 11.5 Å². The number of aromatic amines is 1. The third-order valence-corrected chi connectivity index (χ3v) is 7.32. The minimum atomic E-state index is -0.390. The van der Waals surface area contributed by atoms with Crippen molar-refractivity contribution in [3.05, 3.63) is 75.0 Å². The van der Waals surface area contributed by atoms with Crippen LogP contribution in [-0.4, -0.2) is 27.0 Å². The number of anilines is 2. The lowest BCUT2D eigenvalue weighted by molar-refractivity contribution is -0.115. The van der Waals surface area contributed by atoms with Gasteiger partial charge in [-0.15, -0.1) is 23.1 Å². The Morgan fingerprint density at radius 2 is 1.94 bits per heavy atom. The van der Waals surface area contributed by atoms with E-state index >= 15 is 0 Å². The summed E-state index contributed by atoms with van der Waals surface area (Å²) in [7, 11) is 0. The Kier molecular flexibility index (Phi) is 6.66. The lowest BCUT2D eigenvalue weighted by Gasteiger charge is -2.13. The van der Waals surface area contributed by atoms with Crippen molar-refractivity contribution in [3.8, 4) is 0 Å². The zero-order chi connectivity index (χ0) is 23.5. The molecule has 1 aromatic carbocycles. The van der Waals surface area contributed by atoms with Gasteiger partial charge in [-0.05, 0) is 56.7 Å². The maximum Gasteiger partial charge on any atom is 0.291 e. The molecule has 0 spiro atoms. The van der Waals surface area contributed by atoms with Crippen LogP contribution in [0.25, 0.3) is 10.2 Å². The summed E-state index contributed by atoms with van der Waals surface area (Å²) in [4.78, 5) is 46.4. The SMILES string of the molecule is Cc1sc2nc(CSC(C)C(=O)Nc3cccc(NC(=O)c4ccco4)c3)[nH]c(=O)c2c1C. The number of nitrogens with zero attached hydrogens (tertiary/aromatic N) is 1. The van der Waals surface area contributed by atoms with Gasteiger partial charge >= 0.3 is 0 Å². The number of nitrogens with one attached hydrogen (secondary N) is 3. The molecule has 0 radical (unpaired) electrons. The smallest absolute Gasteiger partial charge is 0.291 e. The molecule has 10 heteroatoms. The molecule has 0 aliphatic rings. The van der Waals surface area contributed by atoms with Crippen LogP contribution in [0.3, 0.4) is 0 Å². The summed E-state index contributed by atoms with van der Waals surface area (Å²) in [5, 5.41) is 5.83. The highest BCUT2D eigenvalue weighted by Crippen LogP contribution is 2.27. The van der Waals surface area contributed by atoms with Crippen LogP contribution in [0.2, 0.25) is 0 Å². The molecule has 0 saturated heterocycles. The number of rotatable bonds is 7. The molecule has 170 valence electrons. The first-order valence-electron chi connectivity index (χ1n) is 10.2. The number of H-pyrrole nitrogens is 1. The fourth-order valence-corrected chi connectivity index (χ4v) is 4.97. The molecule has 0 saturated carbocycles. The Hall–Kier alpha value is -3.37. The van der Waals surface area contributed by atoms with E-state index in [-0.39, 0.29) is 28.4 Å². The quantitative estimate of drug-likeness (QED) is 0.351. The lowest BCUT2D eigenvalue weighted by Crippen LogP contribution is -2.23. The molecule has 1 unspecified atom stereocenters. The molecule has 0 aliphatic carbocycles. The van der Waals surface area contributed by atoms with Gasteiger partial charge in [0.2, 0.25) is 5.91 Å². The third kappa shape index (κ3) is 5.18. The van der Waals surface area contributed by atoms with Crippen LogP contribution in [0.1, 0.15) is 33.7 Å². The number of aromatic nitrogens is 2. The van der Waals surface area contributed by atoms with Gasteiger partial charge in [-0.2, -0.15) is 0 Å². The zero-order valence-corrected chi connectivity index (χ0v) is 19.9. The Morgan fingerprint density at radius 3 is 2.67 bits per heavy atom. The molecule has 2 amide bonds. The van der Waals surface area contributed by atoms with Crippen LogP contribution in [0, 0.1) is 13.8 Å². The molecule has 4 aromatic rings. The number of hydrogen-bond acceptors (Lipinski definition) is 7. The molecule has 0 aliphatic heterocycles. The summed E-state index contributed by atoms with van der Waals surface area (Å²) < 4.78 is 5.08. The third-order valence-electron chi connectivity index (χ3n) is 5.06. The van der Waals surface area contributed by atoms with Crippen LogP contribution in [0.15, 0.2) is 51.9 Å². The second kappa shape index (κ2) is 9.63. The largest absolute Gasteiger partial charge is 0.459 e. The topological polar surface area (TPSA) is 117 Å². The van der Waals surface area contributed by atoms with E-state index in [1.54, 1.807) is 43.3 Å². The zero-order valence-electron chi connectivity index (χ0n) is 18.2. The summed E-state index contributed by atoms with van der Waals surface area (Å²) >= 11 is 2.87. The molecule has 0 bridgehead atoms. The average molecular weight is 483 g/mol. The minimum Gasteiger partial charge on any atom is -0.459 e. The van der Waals surface area contributed by atoms with Gasteiger partial charge in [0.05, 0.1) is 22.7 Å². The lowest BCUT2D eigenvalue weighted by atomic mass is 10.2. The van der Waals surface area contributed by atoms with Crippen LogP contribution >= 0.6 is 23.1 Å². The standard InChI is InChI=1S/C23H22N4O4S2/c1-12-13(2)33-23-19(12)22(30)26-18(27-23)11-32-14(3)20(28)24-15-6-4-7-16(10-15)25-21(29)17-8-5-9-31-17/h4-10,14H,11H2,1-3H3,(H,24,28)(H,25,29)(H,26,27,30). The van der Waals surface area contributed by atoms with Crippen LogP contribution in [-0.2, 0) is 10.5 Å². The fourth-order valence-electron chi connectivity index (χ4n) is 3.17. The number of furan rings is 1. The highest BCUT2D eigenvalue weighted by atomic mass is 32.2. The first kappa shape index (κ1) is 22.8. The van der Waals surface area contributed by atoms with E-state index in [4.69, 9.17) is 4.42 Å². The minimum absolute atomic E-state index is 0.150. The van der Waals surface area contributed by atoms with Gasteiger partial charge in [-0.3, -0.25) is 14.4 Å². The van der Waals surface area contributed by atoms with Gasteiger partial charge in [0.15, 0.2) is 5.76 Å². The van der Waals surface area contributed by atoms with Crippen molar-refractivity contribution in [2.75, 3.05) is 10.6 Å². The summed E-state index contributed by atoms with van der Waals surface area (Å²) in [5.74, 6) is 0.575. The molecule has 0 fully saturated rings. The first-order valence-corrected chi connectivity index (χ1v) is 12.0. The van der Waals surface area contributed by atoms with Gasteiger partial charge in [-0.1, -0.05) is 6.07 Å². The van der Waals surface area contributed by atoms with Crippen molar-refractivity contribution in [1.29, 1.82) is 0 Å². The molecule has 8 nitrogen and oxygen atoms in total. The number of benzene rings is 1. The van der Waals surface area contributed by atoms with Crippen LogP contribution < -0.4 is 16.2 Å². The fraction of sp³-hybridized carbons (Fsp3) is 0.217. The number of amides is 2. The predicted octanol–water partition coefficient (Wildman–Crippen LogP) is 4.71. The molecular weight excluding hydrogens is 460 g/mol. The predicted molar refractivity (Wildman–Crippen MR) is 132 cm³/mol. The maximum absolute atomic E-state index is 12.7. The van der Waals surface area contributed by atoms with E-state index in [1.807, 2.05) is 13.8 Å². The van der Waals surface area contributed by atoms with Crippen molar-refractivity contribution >= 4 is 56.5 Å². The van der Waals surface area contributed by atoms with Gasteiger partial charge in [-0.25, -0.2) is 4.98 Å². The van der Waals surface area contributed by atoms with Gasteiger partial charge < -0.3 is 20.0 Å². The molecule has 1 atom stereocenters. The van der Waals surface area contributed by atoms with Crippen molar-refractivity contribution < 1.29 is 14.0 Å². The maximum atomic E-state index is 12.7. The van der Waals surface area contributed by atoms with Crippen molar-refractivity contribution in [3.63, 3.8) is 0 Å². The normalized spacial score (nSPS) is 12.0. The van der Waals surface area contributed by atoms with Crippen molar-refractivity contribution in [1.82, 2.24) is 9.97 Å². The number of carbonyl (C=O) groups is 2. The second-order valence-electron chi connectivity index (χ2n) is 7.43. The van der Waals surface area contributed by atoms with Crippen LogP contribution in [0.4, 0.5) is 11.4 Å². The second-order valence-corrected chi connectivity index (χ2v) is 9.96. The molecule has 3 heterocycles. The monoisotopic (exact) mass is 482 g/mol. The average Bonchev–Trinajstić information content (AvgIpc) is 3.41.